The van der Waals surface area contributed by atoms with Gasteiger partial charge < -0.3 is 10.2 Å². The Morgan fingerprint density at radius 1 is 1.10 bits per heavy atom. The van der Waals surface area contributed by atoms with Gasteiger partial charge in [-0.05, 0) is 57.1 Å². The lowest BCUT2D eigenvalue weighted by atomic mass is 10.1. The van der Waals surface area contributed by atoms with E-state index in [2.05, 4.69) is 14.9 Å². The van der Waals surface area contributed by atoms with E-state index in [1.54, 1.807) is 24.3 Å². The van der Waals surface area contributed by atoms with Gasteiger partial charge in [0.1, 0.15) is 0 Å². The highest BCUT2D eigenvalue weighted by atomic mass is 32.2. The third kappa shape index (κ3) is 4.98. The Labute approximate surface area is 127 Å². The fraction of sp³-hybridized carbons (Fsp3) is 0.600. The van der Waals surface area contributed by atoms with Gasteiger partial charge in [0.2, 0.25) is 10.0 Å². The lowest BCUT2D eigenvalue weighted by molar-refractivity contribution is 0.233. The first kappa shape index (κ1) is 16.3. The monoisotopic (exact) mass is 311 g/mol. The molecule has 2 rings (SSSR count). The molecule has 0 radical (unpaired) electrons. The highest BCUT2D eigenvalue weighted by Crippen LogP contribution is 2.14. The minimum absolute atomic E-state index is 0.322. The van der Waals surface area contributed by atoms with Crippen LogP contribution in [0, 0.1) is 0 Å². The minimum atomic E-state index is -3.40. The van der Waals surface area contributed by atoms with Gasteiger partial charge in [-0.15, -0.1) is 0 Å². The van der Waals surface area contributed by atoms with Crippen molar-refractivity contribution in [2.75, 3.05) is 38.0 Å². The Bertz CT molecular complexity index is 522. The van der Waals surface area contributed by atoms with Crippen LogP contribution in [-0.2, 0) is 10.0 Å². The van der Waals surface area contributed by atoms with Crippen LogP contribution in [0.4, 0.5) is 5.69 Å². The molecule has 1 heterocycles. The molecule has 1 fully saturated rings. The summed E-state index contributed by atoms with van der Waals surface area (Å²) in [7, 11) is -3.40. The van der Waals surface area contributed by atoms with Crippen LogP contribution >= 0.6 is 0 Å². The van der Waals surface area contributed by atoms with Crippen molar-refractivity contribution >= 4 is 15.7 Å². The number of hydrogen-bond acceptors (Lipinski definition) is 4. The van der Waals surface area contributed by atoms with Crippen molar-refractivity contribution in [1.29, 1.82) is 0 Å². The van der Waals surface area contributed by atoms with E-state index in [9.17, 15) is 8.42 Å². The SMILES string of the molecule is CCNc1ccc(S(=O)(=O)NCCN2CCCCC2)cc1. The maximum Gasteiger partial charge on any atom is 0.240 e. The van der Waals surface area contributed by atoms with Gasteiger partial charge in [-0.1, -0.05) is 6.42 Å². The number of anilines is 1. The molecule has 1 aromatic carbocycles. The number of likely N-dealkylation sites (tertiary alicyclic amines) is 1. The van der Waals surface area contributed by atoms with Crippen LogP contribution in [0.1, 0.15) is 26.2 Å². The number of benzene rings is 1. The molecule has 0 spiro atoms. The molecule has 1 aliphatic rings. The second kappa shape index (κ2) is 7.77. The molecule has 0 amide bonds. The summed E-state index contributed by atoms with van der Waals surface area (Å²) in [6, 6.07) is 6.87. The van der Waals surface area contributed by atoms with Crippen LogP contribution in [-0.4, -0.2) is 46.0 Å². The maximum atomic E-state index is 12.2. The highest BCUT2D eigenvalue weighted by molar-refractivity contribution is 7.89. The molecule has 0 atom stereocenters. The predicted octanol–water partition coefficient (Wildman–Crippen LogP) is 1.88. The largest absolute Gasteiger partial charge is 0.385 e. The summed E-state index contributed by atoms with van der Waals surface area (Å²) in [6.07, 6.45) is 3.73. The van der Waals surface area contributed by atoms with Crippen molar-refractivity contribution in [3.05, 3.63) is 24.3 Å². The first-order valence-electron chi connectivity index (χ1n) is 7.68. The third-order valence-corrected chi connectivity index (χ3v) is 5.19. The fourth-order valence-electron chi connectivity index (χ4n) is 2.56. The molecule has 2 N–H and O–H groups in total. The van der Waals surface area contributed by atoms with E-state index in [1.807, 2.05) is 6.92 Å². The van der Waals surface area contributed by atoms with E-state index in [-0.39, 0.29) is 0 Å². The Hall–Kier alpha value is -1.11. The quantitative estimate of drug-likeness (QED) is 0.807. The summed E-state index contributed by atoms with van der Waals surface area (Å²) < 4.78 is 27.1. The molecule has 0 aromatic heterocycles. The second-order valence-electron chi connectivity index (χ2n) is 5.35. The zero-order chi connectivity index (χ0) is 15.1. The maximum absolute atomic E-state index is 12.2. The molecular formula is C15H25N3O2S. The summed E-state index contributed by atoms with van der Waals surface area (Å²) >= 11 is 0. The highest BCUT2D eigenvalue weighted by Gasteiger charge is 2.15. The van der Waals surface area contributed by atoms with Crippen molar-refractivity contribution in [3.8, 4) is 0 Å². The molecule has 1 aliphatic heterocycles. The summed E-state index contributed by atoms with van der Waals surface area (Å²) in [5.74, 6) is 0. The number of piperidine rings is 1. The van der Waals surface area contributed by atoms with Crippen molar-refractivity contribution < 1.29 is 8.42 Å². The molecule has 1 aromatic rings. The average molecular weight is 311 g/mol. The molecule has 0 bridgehead atoms. The zero-order valence-corrected chi connectivity index (χ0v) is 13.5. The standard InChI is InChI=1S/C15H25N3O2S/c1-2-16-14-6-8-15(9-7-14)21(19,20)17-10-13-18-11-4-3-5-12-18/h6-9,16-17H,2-5,10-13H2,1H3. The van der Waals surface area contributed by atoms with Gasteiger partial charge in [-0.3, -0.25) is 0 Å². The molecule has 6 heteroatoms. The van der Waals surface area contributed by atoms with Gasteiger partial charge in [-0.25, -0.2) is 13.1 Å². The van der Waals surface area contributed by atoms with E-state index in [1.165, 1.54) is 19.3 Å². The summed E-state index contributed by atoms with van der Waals surface area (Å²) in [5.41, 5.74) is 0.935. The summed E-state index contributed by atoms with van der Waals surface area (Å²) in [6.45, 7) is 6.25. The van der Waals surface area contributed by atoms with Gasteiger partial charge >= 0.3 is 0 Å². The van der Waals surface area contributed by atoms with Crippen molar-refractivity contribution in [3.63, 3.8) is 0 Å². The van der Waals surface area contributed by atoms with E-state index in [0.29, 0.717) is 11.4 Å². The van der Waals surface area contributed by atoms with Gasteiger partial charge in [0.05, 0.1) is 4.90 Å². The van der Waals surface area contributed by atoms with Crippen LogP contribution < -0.4 is 10.0 Å². The number of hydrogen-bond donors (Lipinski definition) is 2. The molecule has 1 saturated heterocycles. The lowest BCUT2D eigenvalue weighted by Crippen LogP contribution is -2.37. The minimum Gasteiger partial charge on any atom is -0.385 e. The second-order valence-corrected chi connectivity index (χ2v) is 7.12. The van der Waals surface area contributed by atoms with Gasteiger partial charge in [0.25, 0.3) is 0 Å². The first-order chi connectivity index (χ1) is 10.1. The van der Waals surface area contributed by atoms with Crippen LogP contribution in [0.25, 0.3) is 0 Å². The topological polar surface area (TPSA) is 61.4 Å². The molecule has 0 saturated carbocycles. The molecule has 0 unspecified atom stereocenters. The number of nitrogens with zero attached hydrogens (tertiary/aromatic N) is 1. The van der Waals surface area contributed by atoms with Gasteiger partial charge in [0, 0.05) is 25.3 Å². The molecular weight excluding hydrogens is 286 g/mol. The molecule has 5 nitrogen and oxygen atoms in total. The Balaban J connectivity index is 1.85. The number of rotatable bonds is 7. The average Bonchev–Trinajstić information content (AvgIpc) is 2.49. The lowest BCUT2D eigenvalue weighted by Gasteiger charge is -2.26. The van der Waals surface area contributed by atoms with Crippen LogP contribution in [0.2, 0.25) is 0 Å². The van der Waals surface area contributed by atoms with E-state index in [4.69, 9.17) is 0 Å². The van der Waals surface area contributed by atoms with Crippen LogP contribution in [0.5, 0.6) is 0 Å². The van der Waals surface area contributed by atoms with Crippen molar-refractivity contribution in [1.82, 2.24) is 9.62 Å². The smallest absolute Gasteiger partial charge is 0.240 e. The Kier molecular flexibility index (Phi) is 6.02. The Morgan fingerprint density at radius 3 is 2.38 bits per heavy atom. The fourth-order valence-corrected chi connectivity index (χ4v) is 3.58. The van der Waals surface area contributed by atoms with Crippen molar-refractivity contribution in [2.45, 2.75) is 31.1 Å². The predicted molar refractivity (Wildman–Crippen MR) is 86.1 cm³/mol. The Morgan fingerprint density at radius 2 is 1.76 bits per heavy atom. The van der Waals surface area contributed by atoms with Gasteiger partial charge in [-0.2, -0.15) is 0 Å². The normalized spacial score (nSPS) is 16.8. The van der Waals surface area contributed by atoms with E-state index in [0.717, 1.165) is 31.9 Å². The van der Waals surface area contributed by atoms with E-state index < -0.39 is 10.0 Å². The zero-order valence-electron chi connectivity index (χ0n) is 12.6. The third-order valence-electron chi connectivity index (χ3n) is 3.71. The molecule has 0 aliphatic carbocycles. The number of sulfonamides is 1. The van der Waals surface area contributed by atoms with Crippen LogP contribution in [0.15, 0.2) is 29.2 Å². The molecule has 118 valence electrons. The molecule has 21 heavy (non-hydrogen) atoms. The first-order valence-corrected chi connectivity index (χ1v) is 9.16. The number of nitrogens with one attached hydrogen (secondary N) is 2. The van der Waals surface area contributed by atoms with Crippen molar-refractivity contribution in [2.24, 2.45) is 0 Å². The van der Waals surface area contributed by atoms with E-state index >= 15 is 0 Å². The summed E-state index contributed by atoms with van der Waals surface area (Å²) in [5, 5.41) is 3.15. The van der Waals surface area contributed by atoms with Gasteiger partial charge in [0.15, 0.2) is 0 Å². The van der Waals surface area contributed by atoms with Crippen LogP contribution in [0.3, 0.4) is 0 Å². The summed E-state index contributed by atoms with van der Waals surface area (Å²) in [4.78, 5) is 2.64.